The summed E-state index contributed by atoms with van der Waals surface area (Å²) < 4.78 is 45.9. The van der Waals surface area contributed by atoms with Crippen molar-refractivity contribution in [2.24, 2.45) is 0 Å². The van der Waals surface area contributed by atoms with E-state index in [0.29, 0.717) is 50.0 Å². The van der Waals surface area contributed by atoms with Crippen LogP contribution in [0.15, 0.2) is 12.1 Å². The van der Waals surface area contributed by atoms with E-state index < -0.39 is 28.3 Å². The number of sulfone groups is 1. The predicted octanol–water partition coefficient (Wildman–Crippen LogP) is 2.86. The third-order valence-corrected chi connectivity index (χ3v) is 6.94. The summed E-state index contributed by atoms with van der Waals surface area (Å²) >= 11 is 0. The molecule has 186 valence electrons. The molecule has 0 saturated carbocycles. The number of carbonyl (C=O) groups excluding carboxylic acids is 2. The molecule has 33 heavy (non-hydrogen) atoms. The highest BCUT2D eigenvalue weighted by Crippen LogP contribution is 2.39. The molecule has 10 heteroatoms. The molecule has 0 aliphatic carbocycles. The van der Waals surface area contributed by atoms with Crippen LogP contribution in [0.3, 0.4) is 0 Å². The smallest absolute Gasteiger partial charge is 0.338 e. The molecule has 0 aromatic heterocycles. The van der Waals surface area contributed by atoms with Gasteiger partial charge in [-0.05, 0) is 45.7 Å². The maximum absolute atomic E-state index is 12.8. The van der Waals surface area contributed by atoms with Gasteiger partial charge in [0.25, 0.3) is 5.91 Å². The summed E-state index contributed by atoms with van der Waals surface area (Å²) in [4.78, 5) is 27.1. The number of ether oxygens (including phenoxy) is 4. The van der Waals surface area contributed by atoms with Gasteiger partial charge in [0, 0.05) is 12.6 Å². The van der Waals surface area contributed by atoms with Gasteiger partial charge < -0.3 is 23.8 Å². The first-order valence-electron chi connectivity index (χ1n) is 11.5. The predicted molar refractivity (Wildman–Crippen MR) is 124 cm³/mol. The van der Waals surface area contributed by atoms with E-state index in [1.807, 2.05) is 27.7 Å². The quantitative estimate of drug-likeness (QED) is 0.393. The molecule has 9 nitrogen and oxygen atoms in total. The second-order valence-corrected chi connectivity index (χ2v) is 9.90. The van der Waals surface area contributed by atoms with Gasteiger partial charge in [-0.3, -0.25) is 4.79 Å². The van der Waals surface area contributed by atoms with Crippen molar-refractivity contribution in [2.75, 3.05) is 44.5 Å². The largest absolute Gasteiger partial charge is 0.490 e. The molecule has 1 aliphatic heterocycles. The lowest BCUT2D eigenvalue weighted by Gasteiger charge is -2.28. The third-order valence-electron chi connectivity index (χ3n) is 5.19. The molecule has 1 amide bonds. The maximum Gasteiger partial charge on any atom is 0.338 e. The monoisotopic (exact) mass is 485 g/mol. The zero-order valence-corrected chi connectivity index (χ0v) is 20.7. The molecule has 1 fully saturated rings. The molecule has 1 atom stereocenters. The van der Waals surface area contributed by atoms with Crippen molar-refractivity contribution < 1.29 is 37.0 Å². The molecular formula is C23H35NO8S. The first-order valence-corrected chi connectivity index (χ1v) is 13.3. The van der Waals surface area contributed by atoms with Crippen molar-refractivity contribution >= 4 is 21.7 Å². The first kappa shape index (κ1) is 26.8. The SMILES string of the molecule is CCCCN(C(=O)COC(=O)c1cc(OCC)c(OCC)c(OCC)c1)C1CCS(=O)(=O)C1. The van der Waals surface area contributed by atoms with Crippen molar-refractivity contribution in [1.82, 2.24) is 4.90 Å². The Bertz CT molecular complexity index is 888. The number of esters is 1. The average Bonchev–Trinajstić information content (AvgIpc) is 3.13. The maximum atomic E-state index is 12.8. The van der Waals surface area contributed by atoms with Crippen molar-refractivity contribution in [2.45, 2.75) is 53.0 Å². The number of unbranched alkanes of at least 4 members (excludes halogenated alkanes) is 1. The van der Waals surface area contributed by atoms with Crippen LogP contribution in [-0.4, -0.2) is 75.7 Å². The second kappa shape index (κ2) is 12.7. The Kier molecular flexibility index (Phi) is 10.3. The van der Waals surface area contributed by atoms with Crippen LogP contribution >= 0.6 is 0 Å². The minimum atomic E-state index is -3.14. The van der Waals surface area contributed by atoms with Crippen molar-refractivity contribution in [3.63, 3.8) is 0 Å². The van der Waals surface area contributed by atoms with Crippen molar-refractivity contribution in [3.05, 3.63) is 17.7 Å². The van der Waals surface area contributed by atoms with Crippen LogP contribution in [0.1, 0.15) is 57.3 Å². The molecular weight excluding hydrogens is 450 g/mol. The molecule has 2 rings (SSSR count). The third kappa shape index (κ3) is 7.52. The van der Waals surface area contributed by atoms with Gasteiger partial charge in [-0.25, -0.2) is 13.2 Å². The number of benzene rings is 1. The summed E-state index contributed by atoms with van der Waals surface area (Å²) in [5.41, 5.74) is 0.168. The molecule has 0 bridgehead atoms. The lowest BCUT2D eigenvalue weighted by atomic mass is 10.1. The van der Waals surface area contributed by atoms with E-state index in [1.165, 1.54) is 17.0 Å². The standard InChI is InChI=1S/C23H35NO8S/c1-5-9-11-24(18-10-12-33(27,28)16-18)21(25)15-32-23(26)17-13-19(29-6-2)22(31-8-4)20(14-17)30-7-3/h13-14,18H,5-12,15-16H2,1-4H3. The Balaban J connectivity index is 2.16. The highest BCUT2D eigenvalue weighted by molar-refractivity contribution is 7.91. The minimum Gasteiger partial charge on any atom is -0.490 e. The van der Waals surface area contributed by atoms with E-state index >= 15 is 0 Å². The Labute approximate surface area is 196 Å². The summed E-state index contributed by atoms with van der Waals surface area (Å²) in [5, 5.41) is 0. The zero-order chi connectivity index (χ0) is 24.4. The van der Waals surface area contributed by atoms with Crippen LogP contribution in [-0.2, 0) is 19.4 Å². The van der Waals surface area contributed by atoms with Gasteiger partial charge in [0.2, 0.25) is 5.75 Å². The van der Waals surface area contributed by atoms with Gasteiger partial charge in [0.05, 0.1) is 36.9 Å². The van der Waals surface area contributed by atoms with E-state index in [1.54, 1.807) is 0 Å². The number of hydrogen-bond donors (Lipinski definition) is 0. The summed E-state index contributed by atoms with van der Waals surface area (Å²) in [6.45, 7) is 8.52. The van der Waals surface area contributed by atoms with Gasteiger partial charge in [0.1, 0.15) is 0 Å². The Morgan fingerprint density at radius 2 is 1.61 bits per heavy atom. The normalized spacial score (nSPS) is 16.8. The molecule has 1 saturated heterocycles. The topological polar surface area (TPSA) is 108 Å². The second-order valence-electron chi connectivity index (χ2n) is 7.67. The van der Waals surface area contributed by atoms with Gasteiger partial charge >= 0.3 is 5.97 Å². The first-order chi connectivity index (χ1) is 15.8. The molecule has 0 spiro atoms. The number of rotatable bonds is 13. The Hall–Kier alpha value is -2.49. The van der Waals surface area contributed by atoms with E-state index in [0.717, 1.165) is 12.8 Å². The lowest BCUT2D eigenvalue weighted by molar-refractivity contribution is -0.136. The molecule has 1 unspecified atom stereocenters. The van der Waals surface area contributed by atoms with Crippen LogP contribution < -0.4 is 14.2 Å². The molecule has 0 radical (unpaired) electrons. The highest BCUT2D eigenvalue weighted by atomic mass is 32.2. The fraction of sp³-hybridized carbons (Fsp3) is 0.652. The average molecular weight is 486 g/mol. The highest BCUT2D eigenvalue weighted by Gasteiger charge is 2.34. The number of amides is 1. The van der Waals surface area contributed by atoms with E-state index in [2.05, 4.69) is 0 Å². The molecule has 1 aromatic carbocycles. The molecule has 1 heterocycles. The minimum absolute atomic E-state index is 0.0509. The van der Waals surface area contributed by atoms with Gasteiger partial charge in [-0.2, -0.15) is 0 Å². The van der Waals surface area contributed by atoms with Crippen LogP contribution in [0.2, 0.25) is 0 Å². The Morgan fingerprint density at radius 3 is 2.09 bits per heavy atom. The van der Waals surface area contributed by atoms with Crippen molar-refractivity contribution in [1.29, 1.82) is 0 Å². The molecule has 0 N–H and O–H groups in total. The van der Waals surface area contributed by atoms with E-state index in [9.17, 15) is 18.0 Å². The molecule has 1 aliphatic rings. The number of carbonyl (C=O) groups is 2. The summed E-state index contributed by atoms with van der Waals surface area (Å²) in [7, 11) is -3.14. The van der Waals surface area contributed by atoms with Crippen LogP contribution in [0, 0.1) is 0 Å². The van der Waals surface area contributed by atoms with Gasteiger partial charge in [0.15, 0.2) is 27.9 Å². The Morgan fingerprint density at radius 1 is 1.00 bits per heavy atom. The molecule has 1 aromatic rings. The summed E-state index contributed by atoms with van der Waals surface area (Å²) in [6.07, 6.45) is 2.00. The fourth-order valence-corrected chi connectivity index (χ4v) is 5.39. The fourth-order valence-electron chi connectivity index (χ4n) is 3.66. The van der Waals surface area contributed by atoms with Crippen LogP contribution in [0.25, 0.3) is 0 Å². The van der Waals surface area contributed by atoms with Crippen molar-refractivity contribution in [3.8, 4) is 17.2 Å². The van der Waals surface area contributed by atoms with E-state index in [-0.39, 0.29) is 23.1 Å². The van der Waals surface area contributed by atoms with Crippen LogP contribution in [0.5, 0.6) is 17.2 Å². The number of nitrogens with zero attached hydrogens (tertiary/aromatic N) is 1. The van der Waals surface area contributed by atoms with Gasteiger partial charge in [-0.1, -0.05) is 13.3 Å². The van der Waals surface area contributed by atoms with Gasteiger partial charge in [-0.15, -0.1) is 0 Å². The van der Waals surface area contributed by atoms with Crippen LogP contribution in [0.4, 0.5) is 0 Å². The zero-order valence-electron chi connectivity index (χ0n) is 19.9. The summed E-state index contributed by atoms with van der Waals surface area (Å²) in [5.74, 6) is 0.0170. The number of hydrogen-bond acceptors (Lipinski definition) is 8. The van der Waals surface area contributed by atoms with E-state index in [4.69, 9.17) is 18.9 Å². The summed E-state index contributed by atoms with van der Waals surface area (Å²) in [6, 6.07) is 2.62. The lowest BCUT2D eigenvalue weighted by Crippen LogP contribution is -2.43.